The zero-order valence-electron chi connectivity index (χ0n) is 16.0. The maximum atomic E-state index is 13.2. The number of anilines is 2. The van der Waals surface area contributed by atoms with Gasteiger partial charge in [-0.05, 0) is 49.2 Å². The van der Waals surface area contributed by atoms with Crippen LogP contribution >= 0.6 is 0 Å². The van der Waals surface area contributed by atoms with Crippen molar-refractivity contribution in [1.82, 2.24) is 4.98 Å². The van der Waals surface area contributed by atoms with E-state index in [2.05, 4.69) is 4.98 Å². The first-order valence-corrected chi connectivity index (χ1v) is 9.39. The van der Waals surface area contributed by atoms with Gasteiger partial charge in [0.2, 0.25) is 5.91 Å². The number of carbonyl (C=O) groups is 2. The number of amides is 1. The summed E-state index contributed by atoms with van der Waals surface area (Å²) in [5.74, 6) is 0.127. The number of ether oxygens (including phenoxy) is 1. The van der Waals surface area contributed by atoms with Crippen LogP contribution in [0.15, 0.2) is 67.0 Å². The largest absolute Gasteiger partial charge is 0.422 e. The van der Waals surface area contributed by atoms with Crippen LogP contribution in [0, 0.1) is 0 Å². The van der Waals surface area contributed by atoms with Gasteiger partial charge in [-0.2, -0.15) is 0 Å². The number of hydrogen-bond donors (Lipinski definition) is 0. The van der Waals surface area contributed by atoms with Crippen LogP contribution in [-0.4, -0.2) is 16.9 Å². The molecule has 2 aliphatic rings. The number of benzene rings is 2. The monoisotopic (exact) mass is 382 g/mol. The zero-order chi connectivity index (χ0) is 20.2. The van der Waals surface area contributed by atoms with Gasteiger partial charge in [0.15, 0.2) is 0 Å². The van der Waals surface area contributed by atoms with Gasteiger partial charge in [0.05, 0.1) is 28.6 Å². The number of para-hydroxylation sites is 1. The Hall–Kier alpha value is -3.73. The number of esters is 1. The van der Waals surface area contributed by atoms with Gasteiger partial charge in [-0.15, -0.1) is 0 Å². The number of aromatic nitrogens is 1. The van der Waals surface area contributed by atoms with Crippen molar-refractivity contribution in [3.63, 3.8) is 0 Å². The van der Waals surface area contributed by atoms with E-state index in [9.17, 15) is 9.59 Å². The molecule has 3 aromatic rings. The normalized spacial score (nSPS) is 18.0. The minimum Gasteiger partial charge on any atom is -0.422 e. The molecule has 0 N–H and O–H groups in total. The van der Waals surface area contributed by atoms with E-state index >= 15 is 0 Å². The number of hydrogen-bond acceptors (Lipinski definition) is 4. The average molecular weight is 382 g/mol. The Kier molecular flexibility index (Phi) is 3.68. The van der Waals surface area contributed by atoms with Gasteiger partial charge in [0.1, 0.15) is 5.76 Å². The second-order valence-electron chi connectivity index (χ2n) is 7.70. The molecular weight excluding hydrogens is 364 g/mol. The Labute approximate surface area is 168 Å². The number of fused-ring (bicyclic) bond motifs is 2. The molecule has 0 aliphatic carbocycles. The minimum atomic E-state index is -0.606. The molecule has 2 aromatic carbocycles. The fourth-order valence-corrected chi connectivity index (χ4v) is 3.95. The van der Waals surface area contributed by atoms with E-state index < -0.39 is 5.41 Å². The lowest BCUT2D eigenvalue weighted by Crippen LogP contribution is -2.33. The Bertz CT molecular complexity index is 1210. The molecule has 3 heterocycles. The standard InChI is InChI=1S/C24H18N2O3/c1-24(2)19-9-5-6-10-20(19)26(23(24)28)16-11-15(13-25-14-16)12-21-17-7-3-4-8-18(17)22(27)29-21/h3-14H,1-2H3. The first-order chi connectivity index (χ1) is 14.0. The molecule has 0 radical (unpaired) electrons. The summed E-state index contributed by atoms with van der Waals surface area (Å²) in [6, 6.07) is 17.0. The molecule has 142 valence electrons. The molecule has 2 aliphatic heterocycles. The molecular formula is C24H18N2O3. The van der Waals surface area contributed by atoms with E-state index in [4.69, 9.17) is 4.74 Å². The van der Waals surface area contributed by atoms with Crippen molar-refractivity contribution in [2.24, 2.45) is 0 Å². The van der Waals surface area contributed by atoms with E-state index in [0.29, 0.717) is 17.0 Å². The Morgan fingerprint density at radius 1 is 0.966 bits per heavy atom. The van der Waals surface area contributed by atoms with E-state index in [-0.39, 0.29) is 11.9 Å². The van der Waals surface area contributed by atoms with Crippen molar-refractivity contribution in [3.05, 3.63) is 89.2 Å². The summed E-state index contributed by atoms with van der Waals surface area (Å²) in [5, 5.41) is 0. The third kappa shape index (κ3) is 2.58. The molecule has 0 atom stereocenters. The SMILES string of the molecule is CC1(C)C(=O)N(c2cncc(C=C3OC(=O)c4ccccc43)c2)c2ccccc21. The van der Waals surface area contributed by atoms with E-state index in [1.807, 2.05) is 62.4 Å². The highest BCUT2D eigenvalue weighted by Crippen LogP contribution is 2.45. The van der Waals surface area contributed by atoms with E-state index in [0.717, 1.165) is 22.4 Å². The smallest absolute Gasteiger partial charge is 0.344 e. The van der Waals surface area contributed by atoms with Gasteiger partial charge in [-0.25, -0.2) is 4.79 Å². The Morgan fingerprint density at radius 3 is 2.52 bits per heavy atom. The molecule has 0 fully saturated rings. The quantitative estimate of drug-likeness (QED) is 0.603. The summed E-state index contributed by atoms with van der Waals surface area (Å²) in [7, 11) is 0. The molecule has 0 unspecified atom stereocenters. The number of rotatable bonds is 2. The molecule has 1 aromatic heterocycles. The van der Waals surface area contributed by atoms with E-state index in [1.54, 1.807) is 29.4 Å². The third-order valence-electron chi connectivity index (χ3n) is 5.47. The maximum absolute atomic E-state index is 13.2. The van der Waals surface area contributed by atoms with Crippen molar-refractivity contribution in [1.29, 1.82) is 0 Å². The zero-order valence-corrected chi connectivity index (χ0v) is 16.0. The predicted octanol–water partition coefficient (Wildman–Crippen LogP) is 4.71. The molecule has 5 rings (SSSR count). The number of cyclic esters (lactones) is 1. The van der Waals surface area contributed by atoms with Crippen LogP contribution in [0.4, 0.5) is 11.4 Å². The predicted molar refractivity (Wildman–Crippen MR) is 111 cm³/mol. The molecule has 5 nitrogen and oxygen atoms in total. The van der Waals surface area contributed by atoms with Crippen molar-refractivity contribution >= 4 is 35.1 Å². The summed E-state index contributed by atoms with van der Waals surface area (Å²) in [4.78, 5) is 31.3. The maximum Gasteiger partial charge on any atom is 0.344 e. The average Bonchev–Trinajstić information content (AvgIpc) is 3.14. The van der Waals surface area contributed by atoms with Gasteiger partial charge in [0, 0.05) is 11.8 Å². The molecule has 0 spiro atoms. The molecule has 1 amide bonds. The fraction of sp³-hybridized carbons (Fsp3) is 0.125. The van der Waals surface area contributed by atoms with Crippen LogP contribution in [0.3, 0.4) is 0 Å². The van der Waals surface area contributed by atoms with Gasteiger partial charge < -0.3 is 4.74 Å². The van der Waals surface area contributed by atoms with E-state index in [1.165, 1.54) is 0 Å². The number of carbonyl (C=O) groups excluding carboxylic acids is 2. The third-order valence-corrected chi connectivity index (χ3v) is 5.47. The molecule has 29 heavy (non-hydrogen) atoms. The second-order valence-corrected chi connectivity index (χ2v) is 7.70. The van der Waals surface area contributed by atoms with Crippen LogP contribution in [-0.2, 0) is 14.9 Å². The molecule has 0 saturated heterocycles. The highest BCUT2D eigenvalue weighted by molar-refractivity contribution is 6.12. The summed E-state index contributed by atoms with van der Waals surface area (Å²) >= 11 is 0. The minimum absolute atomic E-state index is 0.00272. The topological polar surface area (TPSA) is 59.5 Å². The lowest BCUT2D eigenvalue weighted by atomic mass is 9.86. The van der Waals surface area contributed by atoms with Crippen LogP contribution in [0.5, 0.6) is 0 Å². The van der Waals surface area contributed by atoms with Gasteiger partial charge in [-0.1, -0.05) is 36.4 Å². The summed E-state index contributed by atoms with van der Waals surface area (Å²) in [5.41, 5.74) is 3.99. The van der Waals surface area contributed by atoms with Crippen molar-refractivity contribution in [2.75, 3.05) is 4.90 Å². The van der Waals surface area contributed by atoms with Crippen molar-refractivity contribution in [2.45, 2.75) is 19.3 Å². The highest BCUT2D eigenvalue weighted by Gasteiger charge is 2.44. The lowest BCUT2D eigenvalue weighted by molar-refractivity contribution is -0.121. The van der Waals surface area contributed by atoms with Crippen LogP contribution in [0.2, 0.25) is 0 Å². The first kappa shape index (κ1) is 17.4. The lowest BCUT2D eigenvalue weighted by Gasteiger charge is -2.20. The Morgan fingerprint density at radius 2 is 1.69 bits per heavy atom. The van der Waals surface area contributed by atoms with Crippen LogP contribution in [0.25, 0.3) is 11.8 Å². The van der Waals surface area contributed by atoms with Crippen molar-refractivity contribution < 1.29 is 14.3 Å². The second kappa shape index (κ2) is 6.14. The molecule has 5 heteroatoms. The molecule has 0 saturated carbocycles. The molecule has 0 bridgehead atoms. The summed E-state index contributed by atoms with van der Waals surface area (Å²) in [6.45, 7) is 3.87. The first-order valence-electron chi connectivity index (χ1n) is 9.39. The number of nitrogens with zero attached hydrogens (tertiary/aromatic N) is 2. The van der Waals surface area contributed by atoms with Crippen molar-refractivity contribution in [3.8, 4) is 0 Å². The Balaban J connectivity index is 1.57. The van der Waals surface area contributed by atoms with Gasteiger partial charge in [0.25, 0.3) is 0 Å². The van der Waals surface area contributed by atoms with Crippen LogP contribution in [0.1, 0.15) is 40.9 Å². The summed E-state index contributed by atoms with van der Waals surface area (Å²) < 4.78 is 5.43. The summed E-state index contributed by atoms with van der Waals surface area (Å²) in [6.07, 6.45) is 5.13. The fourth-order valence-electron chi connectivity index (χ4n) is 3.95. The highest BCUT2D eigenvalue weighted by atomic mass is 16.5. The van der Waals surface area contributed by atoms with Crippen LogP contribution < -0.4 is 4.90 Å². The van der Waals surface area contributed by atoms with Gasteiger partial charge in [-0.3, -0.25) is 14.7 Å². The number of pyridine rings is 1. The van der Waals surface area contributed by atoms with Gasteiger partial charge >= 0.3 is 5.97 Å².